The van der Waals surface area contributed by atoms with Crippen molar-refractivity contribution in [1.29, 1.82) is 0 Å². The Balaban J connectivity index is 0.759. The second-order valence-corrected chi connectivity index (χ2v) is 34.6. The fourth-order valence-electron chi connectivity index (χ4n) is 22.1. The van der Waals surface area contributed by atoms with E-state index in [1.54, 1.807) is 0 Å². The molecule has 4 heteroatoms. The normalized spacial score (nSPS) is 12.4. The summed E-state index contributed by atoms with van der Waals surface area (Å²) in [6.07, 6.45) is 1.48. The summed E-state index contributed by atoms with van der Waals surface area (Å²) < 4.78 is 0. The number of hydrogen-bond acceptors (Lipinski definition) is 3. The standard InChI is InChI=1S/C123H84BN3/c1-7-27-81(28-8-1)83-55-61-93(62-56-83)127(94-63-57-84(58-64-94)82-29-9-2-10-30-82)79-80-75-117-123-118(76-80)126(74-72-102-97(87-35-15-5-16-36-87)45-24-46-98(102)88-37-17-6-18-38-88)116-70-60-92(100-66-68-112-108-50-22-42-90-40-20-48-106(120(90)108)110-54-26-52-104(100)122(110)112)78-114(116)124(123)113-77-91(99-65-67-111-107-49-21-41-89-39-19-47-105(119(89)107)109-53-25-51-103(99)121(109)111)59-69-115(113)125(117)73-71-101-95(85-31-11-3-12-32-85)43-23-44-96(101)86-33-13-4-14-34-86/h1-70,75-78H,71-74,79H2. The van der Waals surface area contributed by atoms with Crippen molar-refractivity contribution in [2.45, 2.75) is 19.4 Å². The molecule has 0 aromatic heterocycles. The molecule has 0 atom stereocenters. The summed E-state index contributed by atoms with van der Waals surface area (Å²) in [5, 5.41) is 20.6. The van der Waals surface area contributed by atoms with Gasteiger partial charge in [-0.2, -0.15) is 0 Å². The topological polar surface area (TPSA) is 9.72 Å². The Labute approximate surface area is 740 Å². The summed E-state index contributed by atoms with van der Waals surface area (Å²) in [4.78, 5) is 8.10. The molecule has 2 heterocycles. The van der Waals surface area contributed by atoms with Gasteiger partial charge in [0.25, 0.3) is 6.71 Å². The van der Waals surface area contributed by atoms with E-state index in [-0.39, 0.29) is 6.71 Å². The quantitative estimate of drug-likeness (QED) is 0.0482. The Morgan fingerprint density at radius 1 is 0.205 bits per heavy atom. The van der Waals surface area contributed by atoms with E-state index in [4.69, 9.17) is 0 Å². The Hall–Kier alpha value is -15.9. The number of rotatable bonds is 18. The number of hydrogen-bond donors (Lipinski definition) is 0. The fraction of sp³-hybridized carbons (Fsp3) is 0.0407. The van der Waals surface area contributed by atoms with E-state index in [1.807, 2.05) is 0 Å². The average molecular weight is 1610 g/mol. The second-order valence-electron chi connectivity index (χ2n) is 34.6. The third-order valence-electron chi connectivity index (χ3n) is 27.8. The van der Waals surface area contributed by atoms with Crippen molar-refractivity contribution in [3.63, 3.8) is 0 Å². The lowest BCUT2D eigenvalue weighted by Gasteiger charge is -2.45. The largest absolute Gasteiger partial charge is 0.342 e. The SMILES string of the molecule is c1ccc(-c2ccc(N(Cc3cc4c5c(c3)N(CCc3c(-c6ccccc6)cccc3-c3ccccc3)c3ccc(-c6ccc7c8cccc9cccc(c%10cccc6c%107)c98)cc3B5c3cc(-c5ccc6c7cccc8cccc(c9cccc5c96)c87)ccc3N4CCc3c(-c4ccccc4)cccc3-c3ccccc3)c3ccc(-c4ccccc4)cc3)cc2)cc1. The van der Waals surface area contributed by atoms with Crippen molar-refractivity contribution in [3.05, 3.63) is 466 Å². The van der Waals surface area contributed by atoms with E-state index >= 15 is 0 Å². The van der Waals surface area contributed by atoms with Crippen LogP contribution in [0.15, 0.2) is 449 Å². The second kappa shape index (κ2) is 30.6. The smallest absolute Gasteiger partial charge is 0.252 e. The highest BCUT2D eigenvalue weighted by atomic mass is 15.2. The summed E-state index contributed by atoms with van der Waals surface area (Å²) in [7, 11) is 0. The average Bonchev–Trinajstić information content (AvgIpc) is 0.701. The third kappa shape index (κ3) is 12.4. The van der Waals surface area contributed by atoms with Gasteiger partial charge in [-0.25, -0.2) is 0 Å². The Bertz CT molecular complexity index is 7510. The van der Waals surface area contributed by atoms with Crippen LogP contribution in [0.3, 0.4) is 0 Å². The minimum absolute atomic E-state index is 0.245. The van der Waals surface area contributed by atoms with E-state index in [0.29, 0.717) is 19.6 Å². The van der Waals surface area contributed by atoms with Crippen LogP contribution in [0.1, 0.15) is 16.7 Å². The Morgan fingerprint density at radius 3 is 0.850 bits per heavy atom. The maximum Gasteiger partial charge on any atom is 0.252 e. The van der Waals surface area contributed by atoms with Crippen LogP contribution in [0.5, 0.6) is 0 Å². The highest BCUT2D eigenvalue weighted by Crippen LogP contribution is 2.50. The number of nitrogens with zero attached hydrogens (tertiary/aromatic N) is 3. The van der Waals surface area contributed by atoms with Crippen LogP contribution in [0.2, 0.25) is 0 Å². The highest BCUT2D eigenvalue weighted by Gasteiger charge is 2.44. The highest BCUT2D eigenvalue weighted by molar-refractivity contribution is 7.00. The minimum atomic E-state index is -0.245. The van der Waals surface area contributed by atoms with E-state index in [9.17, 15) is 0 Å². The van der Waals surface area contributed by atoms with E-state index < -0.39 is 0 Å². The van der Waals surface area contributed by atoms with Gasteiger partial charge in [0.2, 0.25) is 0 Å². The molecule has 0 spiro atoms. The lowest BCUT2D eigenvalue weighted by Crippen LogP contribution is -2.62. The van der Waals surface area contributed by atoms with Crippen LogP contribution < -0.4 is 31.1 Å². The molecule has 23 aromatic carbocycles. The van der Waals surface area contributed by atoms with Gasteiger partial charge in [0, 0.05) is 53.8 Å². The summed E-state index contributed by atoms with van der Waals surface area (Å²) in [5.74, 6) is 0. The van der Waals surface area contributed by atoms with E-state index in [1.165, 1.54) is 231 Å². The van der Waals surface area contributed by atoms with Crippen LogP contribution in [-0.2, 0) is 19.4 Å². The Kier molecular flexibility index (Phi) is 17.8. The first-order valence-corrected chi connectivity index (χ1v) is 44.7. The molecule has 0 saturated carbocycles. The van der Waals surface area contributed by atoms with Gasteiger partial charge in [-0.3, -0.25) is 0 Å². The molecule has 0 unspecified atom stereocenters. The third-order valence-corrected chi connectivity index (χ3v) is 27.8. The van der Waals surface area contributed by atoms with E-state index in [2.05, 4.69) is 464 Å². The molecule has 0 saturated heterocycles. The summed E-state index contributed by atoms with van der Waals surface area (Å²) in [6, 6.07) is 170. The molecule has 25 rings (SSSR count). The van der Waals surface area contributed by atoms with Gasteiger partial charge >= 0.3 is 0 Å². The first kappa shape index (κ1) is 73.8. The zero-order valence-electron chi connectivity index (χ0n) is 70.2. The van der Waals surface area contributed by atoms with Crippen molar-refractivity contribution >= 4 is 143 Å². The number of anilines is 6. The molecule has 0 N–H and O–H groups in total. The van der Waals surface area contributed by atoms with Crippen LogP contribution in [-0.4, -0.2) is 19.8 Å². The van der Waals surface area contributed by atoms with Crippen LogP contribution in [0.4, 0.5) is 34.1 Å². The van der Waals surface area contributed by atoms with Crippen molar-refractivity contribution < 1.29 is 0 Å². The van der Waals surface area contributed by atoms with Crippen LogP contribution in [0, 0.1) is 0 Å². The molecule has 0 aliphatic carbocycles. The van der Waals surface area contributed by atoms with Gasteiger partial charge in [-0.1, -0.05) is 400 Å². The lowest BCUT2D eigenvalue weighted by atomic mass is 9.33. The van der Waals surface area contributed by atoms with Crippen LogP contribution in [0.25, 0.3) is 175 Å². The number of benzene rings is 23. The lowest BCUT2D eigenvalue weighted by molar-refractivity contribution is 0.900. The molecule has 0 radical (unpaired) electrons. The van der Waals surface area contributed by atoms with Gasteiger partial charge in [0.1, 0.15) is 0 Å². The summed E-state index contributed by atoms with van der Waals surface area (Å²) in [5.41, 5.74) is 34.2. The molecule has 0 bridgehead atoms. The molecule has 0 amide bonds. The van der Waals surface area contributed by atoms with Crippen molar-refractivity contribution in [2.24, 2.45) is 0 Å². The zero-order chi connectivity index (χ0) is 83.6. The van der Waals surface area contributed by atoms with Crippen molar-refractivity contribution in [2.75, 3.05) is 27.8 Å². The monoisotopic (exact) mass is 1610 g/mol. The summed E-state index contributed by atoms with van der Waals surface area (Å²) in [6.45, 7) is 1.67. The minimum Gasteiger partial charge on any atom is -0.342 e. The Morgan fingerprint density at radius 2 is 0.496 bits per heavy atom. The van der Waals surface area contributed by atoms with Crippen LogP contribution >= 0.6 is 0 Å². The molecule has 127 heavy (non-hydrogen) atoms. The first-order chi connectivity index (χ1) is 63.0. The predicted octanol–water partition coefficient (Wildman–Crippen LogP) is 30.4. The first-order valence-electron chi connectivity index (χ1n) is 44.7. The molecule has 2 aliphatic heterocycles. The molecule has 594 valence electrons. The fourth-order valence-corrected chi connectivity index (χ4v) is 22.1. The molecule has 2 aliphatic rings. The van der Waals surface area contributed by atoms with Gasteiger partial charge < -0.3 is 14.7 Å². The molecule has 3 nitrogen and oxygen atoms in total. The molecule has 0 fully saturated rings. The van der Waals surface area contributed by atoms with Gasteiger partial charge in [-0.15, -0.1) is 0 Å². The molecular formula is C123H84BN3. The van der Waals surface area contributed by atoms with Gasteiger partial charge in [0.15, 0.2) is 0 Å². The zero-order valence-corrected chi connectivity index (χ0v) is 70.2. The van der Waals surface area contributed by atoms with Gasteiger partial charge in [0.05, 0.1) is 0 Å². The van der Waals surface area contributed by atoms with Gasteiger partial charge in [-0.05, 0) is 270 Å². The predicted molar refractivity (Wildman–Crippen MR) is 543 cm³/mol. The molecule has 23 aromatic rings. The maximum absolute atomic E-state index is 2.77. The van der Waals surface area contributed by atoms with E-state index in [0.717, 1.165) is 24.2 Å². The molecular weight excluding hydrogens is 1530 g/mol. The number of fused-ring (bicyclic) bond motifs is 8. The summed E-state index contributed by atoms with van der Waals surface area (Å²) >= 11 is 0. The maximum atomic E-state index is 2.77. The van der Waals surface area contributed by atoms with Crippen molar-refractivity contribution in [3.8, 4) is 89.0 Å². The van der Waals surface area contributed by atoms with Crippen molar-refractivity contribution in [1.82, 2.24) is 0 Å².